The van der Waals surface area contributed by atoms with Crippen LogP contribution in [-0.2, 0) is 7.05 Å². The first kappa shape index (κ1) is 34.5. The lowest BCUT2D eigenvalue weighted by atomic mass is 9.91. The lowest BCUT2D eigenvalue weighted by Gasteiger charge is -2.42. The van der Waals surface area contributed by atoms with Gasteiger partial charge in [-0.15, -0.1) is 6.42 Å². The highest BCUT2D eigenvalue weighted by molar-refractivity contribution is 7.98. The van der Waals surface area contributed by atoms with Crippen LogP contribution in [0.4, 0.5) is 19.0 Å². The predicted molar refractivity (Wildman–Crippen MR) is 204 cm³/mol. The van der Waals surface area contributed by atoms with Gasteiger partial charge in [0.05, 0.1) is 16.5 Å². The molecule has 13 heteroatoms. The second-order valence-corrected chi connectivity index (χ2v) is 16.2. The summed E-state index contributed by atoms with van der Waals surface area (Å²) in [4.78, 5) is 16.9. The molecule has 276 valence electrons. The molecule has 4 aliphatic rings. The molecule has 4 atom stereocenters. The molecule has 0 radical (unpaired) electrons. The van der Waals surface area contributed by atoms with Gasteiger partial charge in [-0.2, -0.15) is 26.8 Å². The van der Waals surface area contributed by atoms with Gasteiger partial charge in [-0.3, -0.25) is 14.5 Å². The third-order valence-corrected chi connectivity index (χ3v) is 12.7. The summed E-state index contributed by atoms with van der Waals surface area (Å²) < 4.78 is 55.8. The van der Waals surface area contributed by atoms with E-state index in [1.807, 2.05) is 18.0 Å². The highest BCUT2D eigenvalue weighted by Gasteiger charge is 2.49. The molecule has 0 spiro atoms. The zero-order chi connectivity index (χ0) is 36.6. The number of anilines is 1. The van der Waals surface area contributed by atoms with Crippen molar-refractivity contribution in [2.75, 3.05) is 56.2 Å². The molecule has 9 nitrogen and oxygen atoms in total. The summed E-state index contributed by atoms with van der Waals surface area (Å²) in [5.41, 5.74) is 0.115. The second-order valence-electron chi connectivity index (χ2n) is 15.2. The minimum atomic E-state index is -0.927. The number of likely N-dealkylation sites (tertiary alicyclic amines) is 1. The third kappa shape index (κ3) is 5.67. The smallest absolute Gasteiger partial charge is 0.319 e. The van der Waals surface area contributed by atoms with E-state index in [2.05, 4.69) is 26.9 Å². The molecule has 4 aliphatic heterocycles. The molecule has 2 aromatic heterocycles. The number of nitrogens with zero attached hydrogens (tertiary/aromatic N) is 7. The van der Waals surface area contributed by atoms with Gasteiger partial charge >= 0.3 is 6.01 Å². The van der Waals surface area contributed by atoms with Crippen LogP contribution in [0.5, 0.6) is 11.8 Å². The number of hydrogen-bond acceptors (Lipinski definition) is 9. The van der Waals surface area contributed by atoms with E-state index < -0.39 is 23.3 Å². The van der Waals surface area contributed by atoms with E-state index in [-0.39, 0.29) is 52.7 Å². The number of hydrogen-bond donors (Lipinski definition) is 1. The van der Waals surface area contributed by atoms with Gasteiger partial charge in [-0.25, -0.2) is 13.2 Å². The summed E-state index contributed by atoms with van der Waals surface area (Å²) in [6.45, 7) is 4.15. The summed E-state index contributed by atoms with van der Waals surface area (Å²) in [5, 5.41) is 17.5. The zero-order valence-corrected chi connectivity index (χ0v) is 30.7. The number of fused-ring (bicyclic) bond motifs is 7. The normalized spacial score (nSPS) is 24.5. The van der Waals surface area contributed by atoms with Crippen LogP contribution in [0.15, 0.2) is 30.5 Å². The first-order chi connectivity index (χ1) is 25.7. The first-order valence-corrected chi connectivity index (χ1v) is 19.9. The Morgan fingerprint density at radius 3 is 2.68 bits per heavy atom. The molecule has 0 aliphatic carbocycles. The van der Waals surface area contributed by atoms with Crippen LogP contribution < -0.4 is 9.64 Å². The highest BCUT2D eigenvalue weighted by atomic mass is 32.2. The molecule has 3 aromatic carbocycles. The number of aromatic hydroxyl groups is 1. The Labute approximate surface area is 310 Å². The maximum Gasteiger partial charge on any atom is 0.319 e. The monoisotopic (exact) mass is 741 g/mol. The van der Waals surface area contributed by atoms with E-state index in [0.29, 0.717) is 45.8 Å². The second kappa shape index (κ2) is 13.2. The van der Waals surface area contributed by atoms with Gasteiger partial charge in [0.25, 0.3) is 0 Å². The quantitative estimate of drug-likeness (QED) is 0.132. The Morgan fingerprint density at radius 2 is 1.91 bits per heavy atom. The van der Waals surface area contributed by atoms with Crippen LogP contribution in [-0.4, -0.2) is 110 Å². The number of terminal acetylenes is 1. The summed E-state index contributed by atoms with van der Waals surface area (Å²) in [7, 11) is 1.77. The van der Waals surface area contributed by atoms with Crippen LogP contribution in [0.25, 0.3) is 43.7 Å². The Morgan fingerprint density at radius 1 is 1.09 bits per heavy atom. The molecule has 2 unspecified atom stereocenters. The number of benzene rings is 3. The molecule has 5 aromatic rings. The molecule has 6 heterocycles. The molecule has 4 saturated heterocycles. The topological polar surface area (TPSA) is 82.8 Å². The highest BCUT2D eigenvalue weighted by Crippen LogP contribution is 2.47. The lowest BCUT2D eigenvalue weighted by Crippen LogP contribution is -2.54. The van der Waals surface area contributed by atoms with E-state index in [1.165, 1.54) is 24.3 Å². The van der Waals surface area contributed by atoms with Crippen molar-refractivity contribution in [3.63, 3.8) is 0 Å². The number of rotatable bonds is 9. The Balaban J connectivity index is 1.26. The molecule has 1 N–H and O–H groups in total. The molecule has 0 amide bonds. The van der Waals surface area contributed by atoms with Gasteiger partial charge in [-0.1, -0.05) is 12.0 Å². The van der Waals surface area contributed by atoms with Crippen molar-refractivity contribution in [2.45, 2.75) is 62.3 Å². The average Bonchev–Trinajstić information content (AvgIpc) is 3.86. The molecule has 4 fully saturated rings. The van der Waals surface area contributed by atoms with Crippen LogP contribution in [0.2, 0.25) is 0 Å². The lowest BCUT2D eigenvalue weighted by molar-refractivity contribution is 0.107. The minimum absolute atomic E-state index is 0.0297. The van der Waals surface area contributed by atoms with Gasteiger partial charge in [-0.05, 0) is 86.4 Å². The van der Waals surface area contributed by atoms with Crippen molar-refractivity contribution in [2.24, 2.45) is 7.05 Å². The number of ether oxygens (including phenoxy) is 1. The van der Waals surface area contributed by atoms with Gasteiger partial charge in [0, 0.05) is 67.7 Å². The van der Waals surface area contributed by atoms with Crippen molar-refractivity contribution in [1.82, 2.24) is 29.5 Å². The van der Waals surface area contributed by atoms with Gasteiger partial charge in [0.1, 0.15) is 41.2 Å². The fraction of sp³-hybridized carbons (Fsp3) is 0.475. The van der Waals surface area contributed by atoms with Gasteiger partial charge < -0.3 is 14.7 Å². The van der Waals surface area contributed by atoms with Gasteiger partial charge in [0.2, 0.25) is 0 Å². The van der Waals surface area contributed by atoms with Crippen LogP contribution in [0.3, 0.4) is 0 Å². The predicted octanol–water partition coefficient (Wildman–Crippen LogP) is 6.66. The molecule has 2 bridgehead atoms. The number of thioether (sulfide) groups is 1. The number of piperazine rings is 1. The van der Waals surface area contributed by atoms with Crippen molar-refractivity contribution < 1.29 is 23.0 Å². The van der Waals surface area contributed by atoms with E-state index >= 15 is 8.78 Å². The minimum Gasteiger partial charge on any atom is -0.508 e. The Kier molecular flexibility index (Phi) is 8.63. The number of aromatic nitrogens is 4. The van der Waals surface area contributed by atoms with Crippen molar-refractivity contribution in [3.05, 3.63) is 47.7 Å². The standard InChI is InChI=1S/C40H42F3N7O2S/c1-4-28-31(42)10-7-23-15-27(51)16-29(32(23)28)33-35(43)37-34(30-21-47(2)46-36(30)33)38(50-25-8-9-26(50)20-48(19-25)12-6-14-53-3)45-39(44-37)52-22-40-11-5-13-49(40)18-24(41)17-40/h1,7,10,15-16,21,24-26,51H,5-6,8-9,11-14,17-20,22H2,2-3H3/t24-,25?,26?,40+/m1/s1. The largest absolute Gasteiger partial charge is 0.508 e. The summed E-state index contributed by atoms with van der Waals surface area (Å²) in [6, 6.07) is 5.99. The van der Waals surface area contributed by atoms with Crippen LogP contribution in [0, 0.1) is 24.0 Å². The van der Waals surface area contributed by atoms with E-state index in [1.54, 1.807) is 11.7 Å². The fourth-order valence-electron chi connectivity index (χ4n) is 9.77. The SMILES string of the molecule is C#Cc1c(F)ccc2cc(O)cc(-c3c(F)c4nc(OC[C@@]56CCCN5C[C@H](F)C6)nc(N5C6CCC5CN(CCCSC)C6)c4c4cn(C)nc34)c12. The Hall–Kier alpha value is -4.25. The summed E-state index contributed by atoms with van der Waals surface area (Å²) in [6.07, 6.45) is 14.1. The van der Waals surface area contributed by atoms with Gasteiger partial charge in [0.15, 0.2) is 5.82 Å². The number of aryl methyl sites for hydroxylation is 1. The third-order valence-electron chi connectivity index (χ3n) is 12.0. The first-order valence-electron chi connectivity index (χ1n) is 18.5. The fourth-order valence-corrected chi connectivity index (χ4v) is 10.2. The molecule has 0 saturated carbocycles. The van der Waals surface area contributed by atoms with Crippen LogP contribution in [0.1, 0.15) is 44.1 Å². The maximum absolute atomic E-state index is 17.8. The van der Waals surface area contributed by atoms with E-state index in [4.69, 9.17) is 26.2 Å². The van der Waals surface area contributed by atoms with Crippen molar-refractivity contribution >= 4 is 50.2 Å². The zero-order valence-electron chi connectivity index (χ0n) is 29.9. The molecular formula is C40H42F3N7O2S. The maximum atomic E-state index is 17.8. The summed E-state index contributed by atoms with van der Waals surface area (Å²) in [5.74, 6) is 2.69. The van der Waals surface area contributed by atoms with Crippen molar-refractivity contribution in [1.29, 1.82) is 0 Å². The van der Waals surface area contributed by atoms with E-state index in [9.17, 15) is 9.50 Å². The van der Waals surface area contributed by atoms with E-state index in [0.717, 1.165) is 64.0 Å². The molecule has 9 rings (SSSR count). The molecular weight excluding hydrogens is 700 g/mol. The number of alkyl halides is 1. The number of halogens is 3. The molecule has 53 heavy (non-hydrogen) atoms. The number of phenolic OH excluding ortho intramolecular Hbond substituents is 1. The summed E-state index contributed by atoms with van der Waals surface area (Å²) >= 11 is 1.86. The number of phenols is 1. The Bertz CT molecular complexity index is 2300. The average molecular weight is 742 g/mol. The van der Waals surface area contributed by atoms with Crippen molar-refractivity contribution in [3.8, 4) is 35.2 Å². The van der Waals surface area contributed by atoms with Crippen LogP contribution >= 0.6 is 11.8 Å².